The molecule has 8 heteroatoms. The van der Waals surface area contributed by atoms with Crippen LogP contribution >= 0.6 is 0 Å². The van der Waals surface area contributed by atoms with E-state index in [1.807, 2.05) is 24.3 Å². The second-order valence-corrected chi connectivity index (χ2v) is 9.02. The van der Waals surface area contributed by atoms with Gasteiger partial charge in [-0.2, -0.15) is 0 Å². The number of carbonyl (C=O) groups excluding carboxylic acids is 2. The van der Waals surface area contributed by atoms with Gasteiger partial charge in [-0.05, 0) is 47.2 Å². The number of nitrogens with one attached hydrogen (secondary N) is 2. The molecule has 2 amide bonds. The third kappa shape index (κ3) is 4.73. The van der Waals surface area contributed by atoms with Gasteiger partial charge >= 0.3 is 12.1 Å². The minimum Gasteiger partial charge on any atom is -0.481 e. The molecule has 0 spiro atoms. The van der Waals surface area contributed by atoms with Crippen molar-refractivity contribution in [1.82, 2.24) is 10.3 Å². The maximum Gasteiger partial charge on any atom is 0.407 e. The largest absolute Gasteiger partial charge is 0.481 e. The summed E-state index contributed by atoms with van der Waals surface area (Å²) in [4.78, 5) is 40.1. The van der Waals surface area contributed by atoms with Crippen molar-refractivity contribution in [2.45, 2.75) is 25.2 Å². The molecule has 1 heterocycles. The average Bonchev–Trinajstić information content (AvgIpc) is 3.59. The van der Waals surface area contributed by atoms with E-state index in [1.54, 1.807) is 12.1 Å². The number of carboxylic acids is 1. The Morgan fingerprint density at radius 1 is 0.971 bits per heavy atom. The summed E-state index contributed by atoms with van der Waals surface area (Å²) in [5.41, 5.74) is 4.83. The van der Waals surface area contributed by atoms with Gasteiger partial charge in [0, 0.05) is 12.5 Å². The van der Waals surface area contributed by atoms with E-state index in [9.17, 15) is 14.4 Å². The molecule has 3 aromatic rings. The maximum absolute atomic E-state index is 12.8. The first-order valence-corrected chi connectivity index (χ1v) is 11.5. The number of nitrogens with zero attached hydrogens (tertiary/aromatic N) is 1. The molecule has 8 nitrogen and oxygen atoms in total. The Hall–Kier alpha value is -4.20. The SMILES string of the molecule is O=C(O)Cc1ccc(NC(=O)C2(CNC(=O)OCC3c4ccccc4-c4ccccc43)CC2)cn1. The van der Waals surface area contributed by atoms with Gasteiger partial charge in [0.15, 0.2) is 0 Å². The molecular weight excluding hydrogens is 446 g/mol. The molecule has 1 fully saturated rings. The van der Waals surface area contributed by atoms with Gasteiger partial charge in [-0.3, -0.25) is 14.6 Å². The molecule has 5 rings (SSSR count). The predicted octanol–water partition coefficient (Wildman–Crippen LogP) is 3.97. The fourth-order valence-electron chi connectivity index (χ4n) is 4.55. The van der Waals surface area contributed by atoms with Gasteiger partial charge in [-0.15, -0.1) is 0 Å². The van der Waals surface area contributed by atoms with E-state index in [-0.39, 0.29) is 31.4 Å². The zero-order valence-corrected chi connectivity index (χ0v) is 19.0. The first kappa shape index (κ1) is 22.6. The summed E-state index contributed by atoms with van der Waals surface area (Å²) in [6, 6.07) is 19.5. The van der Waals surface area contributed by atoms with Crippen molar-refractivity contribution in [3.05, 3.63) is 83.7 Å². The van der Waals surface area contributed by atoms with Crippen molar-refractivity contribution in [2.75, 3.05) is 18.5 Å². The smallest absolute Gasteiger partial charge is 0.407 e. The van der Waals surface area contributed by atoms with Crippen molar-refractivity contribution in [2.24, 2.45) is 5.41 Å². The molecule has 178 valence electrons. The minimum absolute atomic E-state index is 0.0251. The van der Waals surface area contributed by atoms with Crippen molar-refractivity contribution >= 4 is 23.7 Å². The number of alkyl carbamates (subject to hydrolysis) is 1. The van der Waals surface area contributed by atoms with Crippen LogP contribution in [0, 0.1) is 5.41 Å². The standard InChI is InChI=1S/C27H25N3O5/c31-24(32)13-17-9-10-18(14-28-17)30-25(33)27(11-12-27)16-29-26(34)35-15-23-21-7-3-1-5-19(21)20-6-2-4-8-22(20)23/h1-10,14,23H,11-13,15-16H2,(H,29,34)(H,30,33)(H,31,32). The van der Waals surface area contributed by atoms with E-state index in [4.69, 9.17) is 9.84 Å². The summed E-state index contributed by atoms with van der Waals surface area (Å²) >= 11 is 0. The Morgan fingerprint density at radius 3 is 2.20 bits per heavy atom. The van der Waals surface area contributed by atoms with E-state index in [0.717, 1.165) is 22.3 Å². The van der Waals surface area contributed by atoms with E-state index in [2.05, 4.69) is 39.9 Å². The van der Waals surface area contributed by atoms with Crippen LogP contribution in [0.2, 0.25) is 0 Å². The van der Waals surface area contributed by atoms with Crippen molar-refractivity contribution in [3.8, 4) is 11.1 Å². The lowest BCUT2D eigenvalue weighted by Crippen LogP contribution is -2.37. The Labute approximate surface area is 202 Å². The normalized spacial score (nSPS) is 15.0. The van der Waals surface area contributed by atoms with Crippen molar-refractivity contribution < 1.29 is 24.2 Å². The maximum atomic E-state index is 12.8. The summed E-state index contributed by atoms with van der Waals surface area (Å²) in [7, 11) is 0. The summed E-state index contributed by atoms with van der Waals surface area (Å²) in [6.07, 6.45) is 2.03. The van der Waals surface area contributed by atoms with Crippen LogP contribution in [-0.4, -0.2) is 41.2 Å². The third-order valence-corrected chi connectivity index (χ3v) is 6.66. The number of pyridine rings is 1. The molecular formula is C27H25N3O5. The zero-order valence-electron chi connectivity index (χ0n) is 19.0. The van der Waals surface area contributed by atoms with Crippen LogP contribution in [0.1, 0.15) is 35.6 Å². The highest BCUT2D eigenvalue weighted by Gasteiger charge is 2.50. The van der Waals surface area contributed by atoms with Crippen LogP contribution in [0.3, 0.4) is 0 Å². The van der Waals surface area contributed by atoms with Crippen LogP contribution < -0.4 is 10.6 Å². The number of aromatic nitrogens is 1. The first-order valence-electron chi connectivity index (χ1n) is 11.5. The van der Waals surface area contributed by atoms with E-state index < -0.39 is 17.5 Å². The molecule has 0 radical (unpaired) electrons. The number of anilines is 1. The number of amides is 2. The molecule has 35 heavy (non-hydrogen) atoms. The van der Waals surface area contributed by atoms with Gasteiger partial charge in [-0.25, -0.2) is 4.79 Å². The number of ether oxygens (including phenoxy) is 1. The van der Waals surface area contributed by atoms with E-state index in [1.165, 1.54) is 6.20 Å². The Kier molecular flexibility index (Phi) is 5.94. The van der Waals surface area contributed by atoms with E-state index in [0.29, 0.717) is 24.2 Å². The lowest BCUT2D eigenvalue weighted by Gasteiger charge is -2.18. The molecule has 0 bridgehead atoms. The molecule has 0 atom stereocenters. The number of hydrogen-bond donors (Lipinski definition) is 3. The summed E-state index contributed by atoms with van der Waals surface area (Å²) in [5.74, 6) is -1.20. The van der Waals surface area contributed by atoms with Crippen molar-refractivity contribution in [3.63, 3.8) is 0 Å². The fraction of sp³-hybridized carbons (Fsp3) is 0.259. The first-order chi connectivity index (χ1) is 16.9. The number of benzene rings is 2. The molecule has 0 unspecified atom stereocenters. The lowest BCUT2D eigenvalue weighted by atomic mass is 9.98. The molecule has 2 aromatic carbocycles. The van der Waals surface area contributed by atoms with Crippen LogP contribution in [0.5, 0.6) is 0 Å². The molecule has 0 saturated heterocycles. The monoisotopic (exact) mass is 471 g/mol. The van der Waals surface area contributed by atoms with Gasteiger partial charge < -0.3 is 20.5 Å². The van der Waals surface area contributed by atoms with Crippen molar-refractivity contribution in [1.29, 1.82) is 0 Å². The average molecular weight is 472 g/mol. The molecule has 2 aliphatic carbocycles. The second kappa shape index (κ2) is 9.21. The Balaban J connectivity index is 1.14. The number of fused-ring (bicyclic) bond motifs is 3. The van der Waals surface area contributed by atoms with Gasteiger partial charge in [0.05, 0.1) is 29.4 Å². The Bertz CT molecular complexity index is 1240. The minimum atomic E-state index is -0.967. The third-order valence-electron chi connectivity index (χ3n) is 6.66. The number of carbonyl (C=O) groups is 3. The quantitative estimate of drug-likeness (QED) is 0.458. The predicted molar refractivity (Wildman–Crippen MR) is 129 cm³/mol. The lowest BCUT2D eigenvalue weighted by molar-refractivity contribution is -0.136. The number of hydrogen-bond acceptors (Lipinski definition) is 5. The summed E-state index contributed by atoms with van der Waals surface area (Å²) in [6.45, 7) is 0.396. The highest BCUT2D eigenvalue weighted by molar-refractivity contribution is 5.97. The highest BCUT2D eigenvalue weighted by atomic mass is 16.5. The Morgan fingerprint density at radius 2 is 1.63 bits per heavy atom. The summed E-state index contributed by atoms with van der Waals surface area (Å²) in [5, 5.41) is 14.4. The zero-order chi connectivity index (χ0) is 24.4. The molecule has 1 aromatic heterocycles. The molecule has 0 aliphatic heterocycles. The number of carboxylic acid groups (broad SMARTS) is 1. The van der Waals surface area contributed by atoms with Crippen LogP contribution in [-0.2, 0) is 20.7 Å². The van der Waals surface area contributed by atoms with Gasteiger partial charge in [-0.1, -0.05) is 48.5 Å². The topological polar surface area (TPSA) is 118 Å². The number of rotatable bonds is 8. The fourth-order valence-corrected chi connectivity index (χ4v) is 4.55. The molecule has 1 saturated carbocycles. The van der Waals surface area contributed by atoms with Gasteiger partial charge in [0.1, 0.15) is 6.61 Å². The molecule has 2 aliphatic rings. The highest BCUT2D eigenvalue weighted by Crippen LogP contribution is 2.46. The molecule has 3 N–H and O–H groups in total. The van der Waals surface area contributed by atoms with E-state index >= 15 is 0 Å². The van der Waals surface area contributed by atoms with Gasteiger partial charge in [0.2, 0.25) is 5.91 Å². The van der Waals surface area contributed by atoms with Crippen LogP contribution in [0.25, 0.3) is 11.1 Å². The van der Waals surface area contributed by atoms with Crippen LogP contribution in [0.4, 0.5) is 10.5 Å². The van der Waals surface area contributed by atoms with Gasteiger partial charge in [0.25, 0.3) is 0 Å². The summed E-state index contributed by atoms with van der Waals surface area (Å²) < 4.78 is 5.57. The van der Waals surface area contributed by atoms with Crippen LogP contribution in [0.15, 0.2) is 66.9 Å². The second-order valence-electron chi connectivity index (χ2n) is 9.02. The number of aliphatic carboxylic acids is 1.